The molecule has 0 spiro atoms. The highest BCUT2D eigenvalue weighted by Gasteiger charge is 2.57. The largest absolute Gasteiger partial charge is 0.423 e. The third-order valence-corrected chi connectivity index (χ3v) is 3.40. The maximum absolute atomic E-state index is 12.9. The first-order valence-electron chi connectivity index (χ1n) is 5.95. The van der Waals surface area contributed by atoms with Crippen molar-refractivity contribution in [3.8, 4) is 0 Å². The number of alkyl halides is 3. The van der Waals surface area contributed by atoms with E-state index in [4.69, 9.17) is 5.11 Å². The second-order valence-corrected chi connectivity index (χ2v) is 6.69. The van der Waals surface area contributed by atoms with Gasteiger partial charge in [0.1, 0.15) is 0 Å². The summed E-state index contributed by atoms with van der Waals surface area (Å²) in [6.45, 7) is 6.07. The minimum Gasteiger partial charge on any atom is -0.393 e. The van der Waals surface area contributed by atoms with Crippen molar-refractivity contribution in [3.63, 3.8) is 0 Å². The third-order valence-electron chi connectivity index (χ3n) is 3.40. The molecule has 1 aliphatic rings. The molecule has 1 atom stereocenters. The van der Waals surface area contributed by atoms with Crippen molar-refractivity contribution < 1.29 is 23.4 Å². The lowest BCUT2D eigenvalue weighted by Gasteiger charge is -2.44. The lowest BCUT2D eigenvalue weighted by Crippen LogP contribution is -2.52. The zero-order valence-electron chi connectivity index (χ0n) is 11.2. The molecule has 0 fully saturated rings. The molecular formula is C13H21F3O2. The molecule has 0 saturated heterocycles. The van der Waals surface area contributed by atoms with E-state index in [1.165, 1.54) is 6.08 Å². The number of allylic oxidation sites excluding steroid dienone is 1. The van der Waals surface area contributed by atoms with Crippen LogP contribution in [0, 0.1) is 10.8 Å². The van der Waals surface area contributed by atoms with E-state index < -0.39 is 23.8 Å². The van der Waals surface area contributed by atoms with E-state index >= 15 is 0 Å². The summed E-state index contributed by atoms with van der Waals surface area (Å²) in [5, 5.41) is 18.8. The second kappa shape index (κ2) is 4.23. The van der Waals surface area contributed by atoms with Crippen molar-refractivity contribution in [3.05, 3.63) is 11.6 Å². The van der Waals surface area contributed by atoms with Crippen LogP contribution in [0.25, 0.3) is 0 Å². The van der Waals surface area contributed by atoms with Gasteiger partial charge in [-0.25, -0.2) is 0 Å². The Hall–Kier alpha value is -0.550. The molecule has 0 aromatic rings. The number of hydrogen-bond acceptors (Lipinski definition) is 2. The zero-order chi connectivity index (χ0) is 14.4. The Morgan fingerprint density at radius 1 is 1.22 bits per heavy atom. The van der Waals surface area contributed by atoms with Crippen molar-refractivity contribution in [2.75, 3.05) is 6.61 Å². The van der Waals surface area contributed by atoms with E-state index in [9.17, 15) is 18.3 Å². The van der Waals surface area contributed by atoms with Gasteiger partial charge in [0.2, 0.25) is 5.60 Å². The predicted octanol–water partition coefficient (Wildman–Crippen LogP) is 3.04. The molecule has 0 saturated carbocycles. The molecule has 0 aliphatic heterocycles. The van der Waals surface area contributed by atoms with Gasteiger partial charge >= 0.3 is 6.18 Å². The van der Waals surface area contributed by atoms with Crippen molar-refractivity contribution in [2.45, 2.75) is 52.3 Å². The first-order valence-corrected chi connectivity index (χ1v) is 5.95. The molecule has 0 aromatic heterocycles. The average molecular weight is 266 g/mol. The molecule has 2 N–H and O–H groups in total. The molecule has 106 valence electrons. The highest BCUT2D eigenvalue weighted by atomic mass is 19.4. The molecule has 1 unspecified atom stereocenters. The van der Waals surface area contributed by atoms with Gasteiger partial charge < -0.3 is 10.2 Å². The maximum atomic E-state index is 12.9. The number of rotatable bonds is 2. The first kappa shape index (κ1) is 15.5. The molecule has 5 heteroatoms. The average Bonchev–Trinajstić information content (AvgIpc) is 2.09. The Labute approximate surface area is 106 Å². The predicted molar refractivity (Wildman–Crippen MR) is 63.0 cm³/mol. The fourth-order valence-corrected chi connectivity index (χ4v) is 3.02. The Bertz CT molecular complexity index is 356. The standard InChI is InChI=1S/C13H21F3O2/c1-10(2)5-9(6-11(3,4)7-10)12(18,8-17)13(14,15)16/h5,17-18H,6-8H2,1-4H3. The van der Waals surface area contributed by atoms with E-state index in [2.05, 4.69) is 0 Å². The molecule has 1 rings (SSSR count). The van der Waals surface area contributed by atoms with Gasteiger partial charge in [-0.1, -0.05) is 33.8 Å². The normalized spacial score (nSPS) is 26.4. The van der Waals surface area contributed by atoms with Crippen LogP contribution in [-0.4, -0.2) is 28.6 Å². The highest BCUT2D eigenvalue weighted by Crippen LogP contribution is 2.50. The first-order chi connectivity index (χ1) is 7.83. The van der Waals surface area contributed by atoms with E-state index in [0.717, 1.165) is 6.42 Å². The highest BCUT2D eigenvalue weighted by molar-refractivity contribution is 5.27. The van der Waals surface area contributed by atoms with E-state index in [-0.39, 0.29) is 17.4 Å². The Morgan fingerprint density at radius 3 is 2.06 bits per heavy atom. The molecule has 0 amide bonds. The van der Waals surface area contributed by atoms with Crippen LogP contribution in [0.15, 0.2) is 11.6 Å². The van der Waals surface area contributed by atoms with E-state index in [1.807, 2.05) is 27.7 Å². The van der Waals surface area contributed by atoms with Crippen LogP contribution in [-0.2, 0) is 0 Å². The maximum Gasteiger partial charge on any atom is 0.423 e. The van der Waals surface area contributed by atoms with E-state index in [1.54, 1.807) is 0 Å². The topological polar surface area (TPSA) is 40.5 Å². The SMILES string of the molecule is CC1(C)C=C(C(O)(CO)C(F)(F)F)CC(C)(C)C1. The van der Waals surface area contributed by atoms with Crippen LogP contribution in [0.3, 0.4) is 0 Å². The van der Waals surface area contributed by atoms with Crippen LogP contribution < -0.4 is 0 Å². The number of halogens is 3. The lowest BCUT2D eigenvalue weighted by atomic mass is 9.64. The Balaban J connectivity index is 3.26. The molecule has 0 aromatic carbocycles. The summed E-state index contributed by atoms with van der Waals surface area (Å²) in [5.74, 6) is 0. The van der Waals surface area contributed by atoms with E-state index in [0.29, 0.717) is 0 Å². The molecule has 0 bridgehead atoms. The van der Waals surface area contributed by atoms with Crippen molar-refractivity contribution in [1.82, 2.24) is 0 Å². The van der Waals surface area contributed by atoms with Gasteiger partial charge in [0, 0.05) is 0 Å². The van der Waals surface area contributed by atoms with Gasteiger partial charge in [0.25, 0.3) is 0 Å². The molecule has 0 heterocycles. The summed E-state index contributed by atoms with van der Waals surface area (Å²) >= 11 is 0. The minimum absolute atomic E-state index is 0.126. The molecule has 0 radical (unpaired) electrons. The van der Waals surface area contributed by atoms with Crippen LogP contribution >= 0.6 is 0 Å². The quantitative estimate of drug-likeness (QED) is 0.754. The fourth-order valence-electron chi connectivity index (χ4n) is 3.02. The van der Waals surface area contributed by atoms with Crippen LogP contribution in [0.1, 0.15) is 40.5 Å². The summed E-state index contributed by atoms with van der Waals surface area (Å²) in [4.78, 5) is 0. The summed E-state index contributed by atoms with van der Waals surface area (Å²) < 4.78 is 38.8. The molecular weight excluding hydrogens is 245 g/mol. The summed E-state index contributed by atoms with van der Waals surface area (Å²) in [6, 6.07) is 0. The number of aliphatic hydroxyl groups is 2. The van der Waals surface area contributed by atoms with Gasteiger partial charge in [-0.2, -0.15) is 13.2 Å². The van der Waals surface area contributed by atoms with Gasteiger partial charge in [0.15, 0.2) is 0 Å². The smallest absolute Gasteiger partial charge is 0.393 e. The van der Waals surface area contributed by atoms with Gasteiger partial charge in [-0.3, -0.25) is 0 Å². The third kappa shape index (κ3) is 2.88. The van der Waals surface area contributed by atoms with Crippen LogP contribution in [0.4, 0.5) is 13.2 Å². The van der Waals surface area contributed by atoms with Crippen molar-refractivity contribution >= 4 is 0 Å². The molecule has 1 aliphatic carbocycles. The minimum atomic E-state index is -4.86. The molecule has 18 heavy (non-hydrogen) atoms. The Kier molecular flexibility index (Phi) is 3.65. The van der Waals surface area contributed by atoms with Gasteiger partial charge in [-0.15, -0.1) is 0 Å². The summed E-state index contributed by atoms with van der Waals surface area (Å²) in [5.41, 5.74) is -4.01. The molecule has 2 nitrogen and oxygen atoms in total. The lowest BCUT2D eigenvalue weighted by molar-refractivity contribution is -0.256. The van der Waals surface area contributed by atoms with Crippen LogP contribution in [0.5, 0.6) is 0 Å². The number of hydrogen-bond donors (Lipinski definition) is 2. The van der Waals surface area contributed by atoms with Gasteiger partial charge in [-0.05, 0) is 29.2 Å². The zero-order valence-corrected chi connectivity index (χ0v) is 11.2. The fraction of sp³-hybridized carbons (Fsp3) is 0.846. The summed E-state index contributed by atoms with van der Waals surface area (Å²) in [6.07, 6.45) is -2.53. The van der Waals surface area contributed by atoms with Crippen molar-refractivity contribution in [1.29, 1.82) is 0 Å². The van der Waals surface area contributed by atoms with Crippen LogP contribution in [0.2, 0.25) is 0 Å². The Morgan fingerprint density at radius 2 is 1.72 bits per heavy atom. The van der Waals surface area contributed by atoms with Gasteiger partial charge in [0.05, 0.1) is 6.61 Å². The number of aliphatic hydroxyl groups excluding tert-OH is 1. The summed E-state index contributed by atoms with van der Waals surface area (Å²) in [7, 11) is 0. The van der Waals surface area contributed by atoms with Crippen molar-refractivity contribution in [2.24, 2.45) is 10.8 Å². The monoisotopic (exact) mass is 266 g/mol. The second-order valence-electron chi connectivity index (χ2n) is 6.69.